The topological polar surface area (TPSA) is 86.2 Å². The zero-order valence-corrected chi connectivity index (χ0v) is 8.95. The molecule has 0 aromatic heterocycles. The lowest BCUT2D eigenvalue weighted by Crippen LogP contribution is -2.31. The molecule has 0 unspecified atom stereocenters. The number of amides is 1. The first kappa shape index (κ1) is 13.1. The van der Waals surface area contributed by atoms with E-state index >= 15 is 0 Å². The van der Waals surface area contributed by atoms with Gasteiger partial charge in [0, 0.05) is 12.8 Å². The molecule has 0 aromatic carbocycles. The summed E-state index contributed by atoms with van der Waals surface area (Å²) >= 11 is 0. The Labute approximate surface area is 85.0 Å². The second-order valence-corrected chi connectivity index (χ2v) is 4.02. The predicted octanol–water partition coefficient (Wildman–Crippen LogP) is 0.584. The van der Waals surface area contributed by atoms with Gasteiger partial charge < -0.3 is 11.5 Å². The van der Waals surface area contributed by atoms with Crippen LogP contribution in [0.25, 0.3) is 0 Å². The van der Waals surface area contributed by atoms with Gasteiger partial charge in [-0.15, -0.1) is 0 Å². The fourth-order valence-corrected chi connectivity index (χ4v) is 1.26. The second-order valence-electron chi connectivity index (χ2n) is 4.02. The van der Waals surface area contributed by atoms with Crippen molar-refractivity contribution in [2.24, 2.45) is 17.4 Å². The molecule has 0 aliphatic heterocycles. The number of nitrogens with two attached hydrogens (primary N) is 2. The SMILES string of the molecule is CC(C)C[C@H](N)C(=O)CCCC(N)=O. The lowest BCUT2D eigenvalue weighted by Gasteiger charge is -2.12. The largest absolute Gasteiger partial charge is 0.370 e. The van der Waals surface area contributed by atoms with Crippen LogP contribution < -0.4 is 11.5 Å². The van der Waals surface area contributed by atoms with Gasteiger partial charge in [0.25, 0.3) is 0 Å². The maximum Gasteiger partial charge on any atom is 0.217 e. The fraction of sp³-hybridized carbons (Fsp3) is 0.800. The zero-order chi connectivity index (χ0) is 11.1. The molecule has 0 aliphatic rings. The third kappa shape index (κ3) is 6.60. The molecule has 82 valence electrons. The van der Waals surface area contributed by atoms with Gasteiger partial charge in [-0.05, 0) is 18.8 Å². The van der Waals surface area contributed by atoms with E-state index < -0.39 is 0 Å². The van der Waals surface area contributed by atoms with E-state index in [1.807, 2.05) is 13.8 Å². The van der Waals surface area contributed by atoms with Crippen LogP contribution in [0, 0.1) is 5.92 Å². The third-order valence-electron chi connectivity index (χ3n) is 1.99. The molecule has 4 heteroatoms. The van der Waals surface area contributed by atoms with Crippen molar-refractivity contribution in [3.05, 3.63) is 0 Å². The van der Waals surface area contributed by atoms with E-state index in [9.17, 15) is 9.59 Å². The Morgan fingerprint density at radius 1 is 1.21 bits per heavy atom. The summed E-state index contributed by atoms with van der Waals surface area (Å²) in [6.45, 7) is 4.05. The first-order chi connectivity index (χ1) is 6.43. The lowest BCUT2D eigenvalue weighted by atomic mass is 9.98. The molecule has 0 saturated carbocycles. The van der Waals surface area contributed by atoms with Crippen molar-refractivity contribution in [3.63, 3.8) is 0 Å². The van der Waals surface area contributed by atoms with Crippen LogP contribution >= 0.6 is 0 Å². The summed E-state index contributed by atoms with van der Waals surface area (Å²) in [6.07, 6.45) is 1.84. The number of rotatable bonds is 7. The standard InChI is InChI=1S/C10H20N2O2/c1-7(2)6-8(11)9(13)4-3-5-10(12)14/h7-8H,3-6,11H2,1-2H3,(H2,12,14)/t8-/m0/s1. The monoisotopic (exact) mass is 200 g/mol. The number of hydrogen-bond acceptors (Lipinski definition) is 3. The molecule has 0 aromatic rings. The van der Waals surface area contributed by atoms with Gasteiger partial charge in [0.05, 0.1) is 6.04 Å². The Morgan fingerprint density at radius 3 is 2.21 bits per heavy atom. The van der Waals surface area contributed by atoms with Gasteiger partial charge in [0.1, 0.15) is 5.78 Å². The van der Waals surface area contributed by atoms with Crippen LogP contribution in [0.2, 0.25) is 0 Å². The minimum Gasteiger partial charge on any atom is -0.370 e. The highest BCUT2D eigenvalue weighted by Crippen LogP contribution is 2.06. The molecule has 1 amide bonds. The number of ketones is 1. The number of primary amides is 1. The van der Waals surface area contributed by atoms with E-state index in [1.54, 1.807) is 0 Å². The summed E-state index contributed by atoms with van der Waals surface area (Å²) in [6, 6.07) is -0.386. The summed E-state index contributed by atoms with van der Waals surface area (Å²) < 4.78 is 0. The maximum atomic E-state index is 11.4. The van der Waals surface area contributed by atoms with E-state index in [0.717, 1.165) is 0 Å². The molecular formula is C10H20N2O2. The molecule has 4 N–H and O–H groups in total. The highest BCUT2D eigenvalue weighted by atomic mass is 16.1. The van der Waals surface area contributed by atoms with Gasteiger partial charge >= 0.3 is 0 Å². The highest BCUT2D eigenvalue weighted by Gasteiger charge is 2.14. The molecule has 0 heterocycles. The van der Waals surface area contributed by atoms with Crippen LogP contribution in [0.4, 0.5) is 0 Å². The second kappa shape index (κ2) is 6.54. The molecule has 0 aliphatic carbocycles. The van der Waals surface area contributed by atoms with Crippen molar-refractivity contribution in [2.75, 3.05) is 0 Å². The summed E-state index contributed by atoms with van der Waals surface area (Å²) in [5.41, 5.74) is 10.6. The van der Waals surface area contributed by atoms with Crippen molar-refractivity contribution < 1.29 is 9.59 Å². The van der Waals surface area contributed by atoms with Crippen molar-refractivity contribution in [3.8, 4) is 0 Å². The van der Waals surface area contributed by atoms with Gasteiger partial charge in [-0.25, -0.2) is 0 Å². The molecule has 0 spiro atoms. The minimum atomic E-state index is -0.386. The lowest BCUT2D eigenvalue weighted by molar-refractivity contribution is -0.121. The van der Waals surface area contributed by atoms with Crippen molar-refractivity contribution in [2.45, 2.75) is 45.6 Å². The van der Waals surface area contributed by atoms with Gasteiger partial charge in [-0.3, -0.25) is 9.59 Å². The Bertz CT molecular complexity index is 202. The van der Waals surface area contributed by atoms with Crippen LogP contribution in [0.15, 0.2) is 0 Å². The first-order valence-electron chi connectivity index (χ1n) is 5.00. The molecule has 14 heavy (non-hydrogen) atoms. The molecule has 0 radical (unpaired) electrons. The van der Waals surface area contributed by atoms with E-state index in [2.05, 4.69) is 0 Å². The smallest absolute Gasteiger partial charge is 0.217 e. The molecule has 0 bridgehead atoms. The molecule has 0 rings (SSSR count). The number of carbonyl (C=O) groups is 2. The fourth-order valence-electron chi connectivity index (χ4n) is 1.26. The van der Waals surface area contributed by atoms with E-state index in [0.29, 0.717) is 25.2 Å². The Kier molecular flexibility index (Phi) is 6.12. The van der Waals surface area contributed by atoms with E-state index in [4.69, 9.17) is 11.5 Å². The summed E-state index contributed by atoms with van der Waals surface area (Å²) in [7, 11) is 0. The first-order valence-corrected chi connectivity index (χ1v) is 5.00. The van der Waals surface area contributed by atoms with Crippen LogP contribution in [0.3, 0.4) is 0 Å². The third-order valence-corrected chi connectivity index (χ3v) is 1.99. The van der Waals surface area contributed by atoms with E-state index in [1.165, 1.54) is 0 Å². The average molecular weight is 200 g/mol. The number of hydrogen-bond donors (Lipinski definition) is 2. The van der Waals surface area contributed by atoms with Crippen molar-refractivity contribution >= 4 is 11.7 Å². The Morgan fingerprint density at radius 2 is 1.79 bits per heavy atom. The molecule has 0 saturated heterocycles. The number of Topliss-reactive ketones (excluding diaryl/α,β-unsaturated/α-hetero) is 1. The van der Waals surface area contributed by atoms with Gasteiger partial charge in [0.2, 0.25) is 5.91 Å². The van der Waals surface area contributed by atoms with Gasteiger partial charge in [-0.2, -0.15) is 0 Å². The summed E-state index contributed by atoms with van der Waals surface area (Å²) in [4.78, 5) is 21.8. The summed E-state index contributed by atoms with van der Waals surface area (Å²) in [5, 5.41) is 0. The zero-order valence-electron chi connectivity index (χ0n) is 8.95. The van der Waals surface area contributed by atoms with E-state index in [-0.39, 0.29) is 24.2 Å². The summed E-state index contributed by atoms with van der Waals surface area (Å²) in [5.74, 6) is 0.0836. The molecule has 0 fully saturated rings. The molecule has 1 atom stereocenters. The molecular weight excluding hydrogens is 180 g/mol. The quantitative estimate of drug-likeness (QED) is 0.630. The maximum absolute atomic E-state index is 11.4. The normalized spacial score (nSPS) is 12.9. The van der Waals surface area contributed by atoms with Crippen LogP contribution in [-0.4, -0.2) is 17.7 Å². The number of carbonyl (C=O) groups excluding carboxylic acids is 2. The minimum absolute atomic E-state index is 0.0277. The van der Waals surface area contributed by atoms with Crippen molar-refractivity contribution in [1.29, 1.82) is 0 Å². The Hall–Kier alpha value is -0.900. The molecule has 4 nitrogen and oxygen atoms in total. The van der Waals surface area contributed by atoms with Crippen molar-refractivity contribution in [1.82, 2.24) is 0 Å². The Balaban J connectivity index is 3.67. The van der Waals surface area contributed by atoms with Gasteiger partial charge in [0.15, 0.2) is 0 Å². The predicted molar refractivity (Wildman–Crippen MR) is 55.5 cm³/mol. The average Bonchev–Trinajstić information content (AvgIpc) is 2.01. The van der Waals surface area contributed by atoms with Crippen LogP contribution in [0.1, 0.15) is 39.5 Å². The highest BCUT2D eigenvalue weighted by molar-refractivity contribution is 5.84. The van der Waals surface area contributed by atoms with Crippen LogP contribution in [-0.2, 0) is 9.59 Å². The van der Waals surface area contributed by atoms with Crippen LogP contribution in [0.5, 0.6) is 0 Å². The van der Waals surface area contributed by atoms with Gasteiger partial charge in [-0.1, -0.05) is 13.8 Å².